The van der Waals surface area contributed by atoms with Crippen molar-refractivity contribution in [2.24, 2.45) is 0 Å². The Balaban J connectivity index is 2.06. The Hall–Kier alpha value is -1.58. The van der Waals surface area contributed by atoms with Crippen LogP contribution in [0.4, 0.5) is 0 Å². The summed E-state index contributed by atoms with van der Waals surface area (Å²) in [5, 5.41) is 11.5. The molecule has 1 atom stereocenters. The van der Waals surface area contributed by atoms with Crippen molar-refractivity contribution in [1.82, 2.24) is 4.98 Å². The molecule has 1 unspecified atom stereocenters. The van der Waals surface area contributed by atoms with Crippen molar-refractivity contribution in [2.45, 2.75) is 6.10 Å². The van der Waals surface area contributed by atoms with Crippen LogP contribution in [-0.4, -0.2) is 10.1 Å². The average Bonchev–Trinajstić information content (AvgIpc) is 2.85. The highest BCUT2D eigenvalue weighted by atomic mass is 79.9. The molecule has 1 heterocycles. The van der Waals surface area contributed by atoms with Crippen LogP contribution in [-0.2, 0) is 0 Å². The van der Waals surface area contributed by atoms with Crippen LogP contribution < -0.4 is 0 Å². The molecule has 0 aliphatic heterocycles. The lowest BCUT2D eigenvalue weighted by atomic mass is 10.0. The summed E-state index contributed by atoms with van der Waals surface area (Å²) in [6.45, 7) is 0. The van der Waals surface area contributed by atoms with Crippen molar-refractivity contribution in [2.75, 3.05) is 0 Å². The maximum Gasteiger partial charge on any atom is 0.105 e. The number of benzene rings is 2. The van der Waals surface area contributed by atoms with E-state index in [9.17, 15) is 5.11 Å². The van der Waals surface area contributed by atoms with Crippen LogP contribution >= 0.6 is 15.9 Å². The maximum absolute atomic E-state index is 10.4. The van der Waals surface area contributed by atoms with Crippen molar-refractivity contribution in [3.63, 3.8) is 0 Å². The molecule has 0 aliphatic rings. The molecule has 2 nitrogen and oxygen atoms in total. The highest BCUT2D eigenvalue weighted by molar-refractivity contribution is 9.10. The third-order valence-electron chi connectivity index (χ3n) is 3.09. The number of fused-ring (bicyclic) bond motifs is 1. The van der Waals surface area contributed by atoms with E-state index >= 15 is 0 Å². The molecule has 0 fully saturated rings. The second-order valence-electron chi connectivity index (χ2n) is 4.25. The zero-order valence-electron chi connectivity index (χ0n) is 9.60. The average molecular weight is 302 g/mol. The molecule has 0 amide bonds. The highest BCUT2D eigenvalue weighted by Gasteiger charge is 2.13. The Morgan fingerprint density at radius 1 is 1.06 bits per heavy atom. The van der Waals surface area contributed by atoms with Gasteiger partial charge in [0.1, 0.15) is 6.10 Å². The van der Waals surface area contributed by atoms with E-state index in [1.165, 1.54) is 0 Å². The minimum Gasteiger partial charge on any atom is -0.384 e. The lowest BCUT2D eigenvalue weighted by molar-refractivity contribution is 0.219. The van der Waals surface area contributed by atoms with E-state index in [0.717, 1.165) is 26.5 Å². The molecular weight excluding hydrogens is 290 g/mol. The molecule has 0 bridgehead atoms. The molecule has 0 saturated carbocycles. The predicted octanol–water partition coefficient (Wildman–Crippen LogP) is 4.01. The fourth-order valence-electron chi connectivity index (χ4n) is 2.12. The molecule has 0 radical (unpaired) electrons. The summed E-state index contributed by atoms with van der Waals surface area (Å²) < 4.78 is 0.923. The van der Waals surface area contributed by atoms with Crippen LogP contribution in [0.2, 0.25) is 0 Å². The van der Waals surface area contributed by atoms with Gasteiger partial charge in [0, 0.05) is 16.2 Å². The van der Waals surface area contributed by atoms with Gasteiger partial charge in [-0.1, -0.05) is 40.2 Å². The minimum absolute atomic E-state index is 0.611. The molecular formula is C15H12BrNO. The predicted molar refractivity (Wildman–Crippen MR) is 76.5 cm³/mol. The second kappa shape index (κ2) is 4.59. The summed E-state index contributed by atoms with van der Waals surface area (Å²) in [5.41, 5.74) is 2.86. The van der Waals surface area contributed by atoms with E-state index in [4.69, 9.17) is 0 Å². The van der Waals surface area contributed by atoms with Gasteiger partial charge in [-0.05, 0) is 40.8 Å². The number of halogens is 1. The molecule has 3 heteroatoms. The number of nitrogens with one attached hydrogen (secondary N) is 1. The molecule has 90 valence electrons. The topological polar surface area (TPSA) is 36.0 Å². The van der Waals surface area contributed by atoms with Crippen LogP contribution in [0.3, 0.4) is 0 Å². The standard InChI is InChI=1S/C15H12BrNO/c16-13-4-2-1-3-12(13)15(18)11-5-6-14-10(9-11)7-8-17-14/h1-9,15,17-18H. The fraction of sp³-hybridized carbons (Fsp3) is 0.0667. The molecule has 3 aromatic rings. The largest absolute Gasteiger partial charge is 0.384 e. The first-order valence-corrected chi connectivity index (χ1v) is 6.54. The summed E-state index contributed by atoms with van der Waals surface area (Å²) in [6.07, 6.45) is 1.29. The van der Waals surface area contributed by atoms with Gasteiger partial charge >= 0.3 is 0 Å². The number of hydrogen-bond acceptors (Lipinski definition) is 1. The molecule has 0 aliphatic carbocycles. The normalized spacial score (nSPS) is 12.8. The number of aliphatic hydroxyl groups excluding tert-OH is 1. The third-order valence-corrected chi connectivity index (χ3v) is 3.82. The summed E-state index contributed by atoms with van der Waals surface area (Å²) in [4.78, 5) is 3.15. The fourth-order valence-corrected chi connectivity index (χ4v) is 2.62. The number of aromatic amines is 1. The van der Waals surface area contributed by atoms with E-state index < -0.39 is 6.10 Å². The lowest BCUT2D eigenvalue weighted by Gasteiger charge is -2.13. The van der Waals surface area contributed by atoms with Crippen molar-refractivity contribution < 1.29 is 5.11 Å². The first-order valence-electron chi connectivity index (χ1n) is 5.75. The summed E-state index contributed by atoms with van der Waals surface area (Å²) in [7, 11) is 0. The molecule has 2 N–H and O–H groups in total. The molecule has 0 spiro atoms. The number of rotatable bonds is 2. The van der Waals surface area contributed by atoms with Gasteiger partial charge in [0.2, 0.25) is 0 Å². The molecule has 1 aromatic heterocycles. The van der Waals surface area contributed by atoms with Crippen LogP contribution in [0, 0.1) is 0 Å². The first kappa shape index (κ1) is 11.5. The van der Waals surface area contributed by atoms with Crippen LogP contribution in [0.15, 0.2) is 59.2 Å². The monoisotopic (exact) mass is 301 g/mol. The number of H-pyrrole nitrogens is 1. The van der Waals surface area contributed by atoms with E-state index in [1.807, 2.05) is 54.7 Å². The van der Waals surface area contributed by atoms with Crippen LogP contribution in [0.1, 0.15) is 17.2 Å². The summed E-state index contributed by atoms with van der Waals surface area (Å²) >= 11 is 3.47. The zero-order valence-corrected chi connectivity index (χ0v) is 11.2. The Bertz CT molecular complexity index is 690. The molecule has 3 rings (SSSR count). The molecule has 18 heavy (non-hydrogen) atoms. The van der Waals surface area contributed by atoms with E-state index in [1.54, 1.807) is 0 Å². The number of hydrogen-bond donors (Lipinski definition) is 2. The van der Waals surface area contributed by atoms with Crippen molar-refractivity contribution in [3.05, 3.63) is 70.3 Å². The van der Waals surface area contributed by atoms with Crippen LogP contribution in [0.25, 0.3) is 10.9 Å². The van der Waals surface area contributed by atoms with Gasteiger partial charge in [-0.2, -0.15) is 0 Å². The minimum atomic E-state index is -0.611. The van der Waals surface area contributed by atoms with Gasteiger partial charge < -0.3 is 10.1 Å². The zero-order chi connectivity index (χ0) is 12.5. The number of aromatic nitrogens is 1. The van der Waals surface area contributed by atoms with Crippen molar-refractivity contribution >= 4 is 26.8 Å². The van der Waals surface area contributed by atoms with Gasteiger partial charge in [0.25, 0.3) is 0 Å². The quantitative estimate of drug-likeness (QED) is 0.737. The molecule has 0 saturated heterocycles. The van der Waals surface area contributed by atoms with E-state index in [2.05, 4.69) is 20.9 Å². The number of aliphatic hydroxyl groups is 1. The lowest BCUT2D eigenvalue weighted by Crippen LogP contribution is -2.00. The Morgan fingerprint density at radius 2 is 1.89 bits per heavy atom. The molecule has 2 aromatic carbocycles. The van der Waals surface area contributed by atoms with Gasteiger partial charge in [-0.25, -0.2) is 0 Å². The smallest absolute Gasteiger partial charge is 0.105 e. The Labute approximate surface area is 113 Å². The Morgan fingerprint density at radius 3 is 2.72 bits per heavy atom. The maximum atomic E-state index is 10.4. The van der Waals surface area contributed by atoms with Gasteiger partial charge in [0.05, 0.1) is 0 Å². The van der Waals surface area contributed by atoms with Gasteiger partial charge in [0.15, 0.2) is 0 Å². The van der Waals surface area contributed by atoms with Gasteiger partial charge in [-0.15, -0.1) is 0 Å². The SMILES string of the molecule is OC(c1ccc2[nH]ccc2c1)c1ccccc1Br. The Kier molecular flexibility index (Phi) is 2.94. The van der Waals surface area contributed by atoms with Crippen molar-refractivity contribution in [3.8, 4) is 0 Å². The van der Waals surface area contributed by atoms with Gasteiger partial charge in [-0.3, -0.25) is 0 Å². The highest BCUT2D eigenvalue weighted by Crippen LogP contribution is 2.29. The summed E-state index contributed by atoms with van der Waals surface area (Å²) in [6, 6.07) is 15.7. The first-order chi connectivity index (χ1) is 8.75. The van der Waals surface area contributed by atoms with Crippen molar-refractivity contribution in [1.29, 1.82) is 0 Å². The third kappa shape index (κ3) is 1.96. The summed E-state index contributed by atoms with van der Waals surface area (Å²) in [5.74, 6) is 0. The van der Waals surface area contributed by atoms with E-state index in [0.29, 0.717) is 0 Å². The van der Waals surface area contributed by atoms with Crippen LogP contribution in [0.5, 0.6) is 0 Å². The van der Waals surface area contributed by atoms with E-state index in [-0.39, 0.29) is 0 Å². The second-order valence-corrected chi connectivity index (χ2v) is 5.10.